The molecule has 1 aromatic rings. The fourth-order valence-electron chi connectivity index (χ4n) is 1.22. The summed E-state index contributed by atoms with van der Waals surface area (Å²) in [6.45, 7) is 0. The number of aromatic nitrogens is 2. The number of aryl methyl sites for hydroxylation is 1. The van der Waals surface area contributed by atoms with Crippen LogP contribution in [0.2, 0.25) is 0 Å². The summed E-state index contributed by atoms with van der Waals surface area (Å²) in [5, 5.41) is 18.9. The van der Waals surface area contributed by atoms with Crippen LogP contribution in [0.3, 0.4) is 0 Å². The maximum atomic E-state index is 11.2. The van der Waals surface area contributed by atoms with Crippen LogP contribution in [0.1, 0.15) is 12.1 Å². The second-order valence-electron chi connectivity index (χ2n) is 3.17. The van der Waals surface area contributed by atoms with Crippen LogP contribution < -0.4 is 0 Å². The number of nitrogens with zero attached hydrogens (tertiary/aromatic N) is 3. The lowest BCUT2D eigenvalue weighted by Gasteiger charge is -1.99. The molecule has 86 valence electrons. The lowest BCUT2D eigenvalue weighted by atomic mass is 10.1. The molecule has 0 saturated heterocycles. The average Bonchev–Trinajstić information content (AvgIpc) is 2.46. The first-order valence-corrected chi connectivity index (χ1v) is 4.30. The number of carboxylic acid groups (broad SMARTS) is 1. The van der Waals surface area contributed by atoms with Crippen molar-refractivity contribution in [1.29, 1.82) is 0 Å². The Bertz CT molecular complexity index is 451. The smallest absolute Gasteiger partial charge is 0.385 e. The molecule has 0 unspecified atom stereocenters. The highest BCUT2D eigenvalue weighted by atomic mass is 16.6. The van der Waals surface area contributed by atoms with Gasteiger partial charge in [0.25, 0.3) is 0 Å². The molecule has 0 bridgehead atoms. The van der Waals surface area contributed by atoms with Crippen molar-refractivity contribution in [2.24, 2.45) is 7.05 Å². The maximum Gasteiger partial charge on any atom is 0.385 e. The van der Waals surface area contributed by atoms with Crippen molar-refractivity contribution in [3.05, 3.63) is 22.1 Å². The van der Waals surface area contributed by atoms with Crippen molar-refractivity contribution in [2.45, 2.75) is 12.8 Å². The van der Waals surface area contributed by atoms with Gasteiger partial charge in [-0.1, -0.05) is 0 Å². The molecule has 0 fully saturated rings. The molecule has 0 atom stereocenters. The molecule has 0 saturated carbocycles. The van der Waals surface area contributed by atoms with Gasteiger partial charge in [0.15, 0.2) is 0 Å². The predicted molar refractivity (Wildman–Crippen MR) is 50.8 cm³/mol. The number of aliphatic carboxylic acids is 1. The van der Waals surface area contributed by atoms with Crippen molar-refractivity contribution in [3.63, 3.8) is 0 Å². The quantitative estimate of drug-likeness (QED) is 0.427. The summed E-state index contributed by atoms with van der Waals surface area (Å²) >= 11 is 0. The highest BCUT2D eigenvalue weighted by Crippen LogP contribution is 2.16. The second kappa shape index (κ2) is 4.51. The van der Waals surface area contributed by atoms with Gasteiger partial charge in [0, 0.05) is 7.05 Å². The topological polar surface area (TPSA) is 115 Å². The minimum atomic E-state index is -1.25. The lowest BCUT2D eigenvalue weighted by molar-refractivity contribution is -0.390. The van der Waals surface area contributed by atoms with Crippen LogP contribution >= 0.6 is 0 Å². The monoisotopic (exact) mass is 227 g/mol. The van der Waals surface area contributed by atoms with Crippen molar-refractivity contribution < 1.29 is 19.6 Å². The molecular formula is C8H9N3O5. The SMILES string of the molecule is Cn1cnc([N+](=O)[O-])c1CC(=O)CC(=O)O. The summed E-state index contributed by atoms with van der Waals surface area (Å²) in [6, 6.07) is 0. The van der Waals surface area contributed by atoms with Gasteiger partial charge in [0.2, 0.25) is 6.33 Å². The molecule has 0 aliphatic carbocycles. The first-order chi connectivity index (χ1) is 7.41. The standard InChI is InChI=1S/C8H9N3O5/c1-10-4-9-8(11(15)16)6(10)2-5(12)3-7(13)14/h4H,2-3H2,1H3,(H,13,14). The fourth-order valence-corrected chi connectivity index (χ4v) is 1.22. The molecule has 16 heavy (non-hydrogen) atoms. The van der Waals surface area contributed by atoms with Crippen LogP contribution in [0.15, 0.2) is 6.33 Å². The van der Waals surface area contributed by atoms with Gasteiger partial charge >= 0.3 is 11.8 Å². The number of hydrogen-bond donors (Lipinski definition) is 1. The van der Waals surface area contributed by atoms with Gasteiger partial charge in [0.1, 0.15) is 17.9 Å². The largest absolute Gasteiger partial charge is 0.481 e. The molecule has 1 N–H and O–H groups in total. The van der Waals surface area contributed by atoms with Gasteiger partial charge in [-0.2, -0.15) is 0 Å². The first-order valence-electron chi connectivity index (χ1n) is 4.30. The number of imidazole rings is 1. The Kier molecular flexibility index (Phi) is 3.33. The molecule has 0 aliphatic heterocycles. The zero-order chi connectivity index (χ0) is 12.3. The van der Waals surface area contributed by atoms with Crippen molar-refractivity contribution in [1.82, 2.24) is 9.55 Å². The Morgan fingerprint density at radius 1 is 1.62 bits per heavy atom. The van der Waals surface area contributed by atoms with E-state index in [-0.39, 0.29) is 12.1 Å². The molecular weight excluding hydrogens is 218 g/mol. The summed E-state index contributed by atoms with van der Waals surface area (Å²) in [5.74, 6) is -2.27. The highest BCUT2D eigenvalue weighted by molar-refractivity contribution is 5.95. The van der Waals surface area contributed by atoms with Gasteiger partial charge in [-0.3, -0.25) is 9.59 Å². The number of carbonyl (C=O) groups excluding carboxylic acids is 1. The average molecular weight is 227 g/mol. The maximum absolute atomic E-state index is 11.2. The molecule has 8 nitrogen and oxygen atoms in total. The van der Waals surface area contributed by atoms with Crippen molar-refractivity contribution in [2.75, 3.05) is 0 Å². The van der Waals surface area contributed by atoms with E-state index in [4.69, 9.17) is 5.11 Å². The molecule has 0 spiro atoms. The van der Waals surface area contributed by atoms with Crippen molar-refractivity contribution in [3.8, 4) is 0 Å². The summed E-state index contributed by atoms with van der Waals surface area (Å²) in [5.41, 5.74) is 0.108. The predicted octanol–water partition coefficient (Wildman–Crippen LogP) is -0.0854. The number of rotatable bonds is 5. The van der Waals surface area contributed by atoms with E-state index in [9.17, 15) is 19.7 Å². The van der Waals surface area contributed by atoms with Crippen LogP contribution in [0.25, 0.3) is 0 Å². The van der Waals surface area contributed by atoms with E-state index in [1.165, 1.54) is 17.9 Å². The van der Waals surface area contributed by atoms with E-state index >= 15 is 0 Å². The number of carbonyl (C=O) groups is 2. The number of ketones is 1. The summed E-state index contributed by atoms with van der Waals surface area (Å²) in [6.07, 6.45) is 0.253. The van der Waals surface area contributed by atoms with Crippen LogP contribution in [-0.4, -0.2) is 31.3 Å². The van der Waals surface area contributed by atoms with E-state index in [1.54, 1.807) is 0 Å². The summed E-state index contributed by atoms with van der Waals surface area (Å²) in [7, 11) is 1.50. The molecule has 0 aromatic carbocycles. The minimum Gasteiger partial charge on any atom is -0.481 e. The normalized spacial score (nSPS) is 10.1. The zero-order valence-electron chi connectivity index (χ0n) is 8.41. The molecule has 8 heteroatoms. The molecule has 1 rings (SSSR count). The number of Topliss-reactive ketones (excluding diaryl/α,β-unsaturated/α-hetero) is 1. The Labute approximate surface area is 89.7 Å². The Morgan fingerprint density at radius 2 is 2.25 bits per heavy atom. The Hall–Kier alpha value is -2.25. The molecule has 0 amide bonds. The summed E-state index contributed by atoms with van der Waals surface area (Å²) in [4.78, 5) is 34.8. The third-order valence-corrected chi connectivity index (χ3v) is 1.92. The zero-order valence-corrected chi connectivity index (χ0v) is 8.41. The van der Waals surface area contributed by atoms with Crippen LogP contribution in [0, 0.1) is 10.1 Å². The molecule has 0 radical (unpaired) electrons. The van der Waals surface area contributed by atoms with Crippen LogP contribution in [0.4, 0.5) is 5.82 Å². The van der Waals surface area contributed by atoms with Gasteiger partial charge in [-0.15, -0.1) is 0 Å². The van der Waals surface area contributed by atoms with Crippen LogP contribution in [0.5, 0.6) is 0 Å². The molecule has 1 aromatic heterocycles. The lowest BCUT2D eigenvalue weighted by Crippen LogP contribution is -2.12. The van der Waals surface area contributed by atoms with E-state index in [0.717, 1.165) is 0 Å². The molecule has 0 aliphatic rings. The van der Waals surface area contributed by atoms with E-state index in [1.807, 2.05) is 0 Å². The van der Waals surface area contributed by atoms with E-state index < -0.39 is 28.9 Å². The summed E-state index contributed by atoms with van der Waals surface area (Å²) < 4.78 is 1.33. The molecule has 1 heterocycles. The number of hydrogen-bond acceptors (Lipinski definition) is 5. The second-order valence-corrected chi connectivity index (χ2v) is 3.17. The number of nitro groups is 1. The van der Waals surface area contributed by atoms with Gasteiger partial charge in [-0.25, -0.2) is 0 Å². The first kappa shape index (κ1) is 11.8. The third kappa shape index (κ3) is 2.62. The Morgan fingerprint density at radius 3 is 2.75 bits per heavy atom. The van der Waals surface area contributed by atoms with Crippen LogP contribution in [-0.2, 0) is 23.1 Å². The van der Waals surface area contributed by atoms with Gasteiger partial charge < -0.3 is 19.8 Å². The Balaban J connectivity index is 2.88. The fraction of sp³-hybridized carbons (Fsp3) is 0.375. The highest BCUT2D eigenvalue weighted by Gasteiger charge is 2.22. The van der Waals surface area contributed by atoms with Gasteiger partial charge in [0.05, 0.1) is 6.42 Å². The van der Waals surface area contributed by atoms with Crippen molar-refractivity contribution >= 4 is 17.6 Å². The van der Waals surface area contributed by atoms with E-state index in [0.29, 0.717) is 0 Å². The minimum absolute atomic E-state index is 0.108. The van der Waals surface area contributed by atoms with E-state index in [2.05, 4.69) is 4.98 Å². The number of carboxylic acids is 1. The van der Waals surface area contributed by atoms with Gasteiger partial charge in [-0.05, 0) is 9.91 Å². The third-order valence-electron chi connectivity index (χ3n) is 1.92.